The molecule has 0 aromatic heterocycles. The standard InChI is InChI=1S/C15H15NO4/c1-10-9-12(16(18)19)7-8-14(10)20-15-6-4-3-5-13(15)11(2)17/h3-9,11,17H,1-2H3/t11-/m0/s1. The topological polar surface area (TPSA) is 72.6 Å². The van der Waals surface area contributed by atoms with Crippen molar-refractivity contribution in [3.05, 3.63) is 63.7 Å². The van der Waals surface area contributed by atoms with Gasteiger partial charge in [-0.2, -0.15) is 0 Å². The van der Waals surface area contributed by atoms with Crippen molar-refractivity contribution in [1.82, 2.24) is 0 Å². The van der Waals surface area contributed by atoms with Gasteiger partial charge in [-0.1, -0.05) is 18.2 Å². The van der Waals surface area contributed by atoms with Crippen LogP contribution in [0.2, 0.25) is 0 Å². The van der Waals surface area contributed by atoms with Crippen molar-refractivity contribution < 1.29 is 14.8 Å². The monoisotopic (exact) mass is 273 g/mol. The lowest BCUT2D eigenvalue weighted by Crippen LogP contribution is -1.97. The Balaban J connectivity index is 2.33. The second-order valence-corrected chi connectivity index (χ2v) is 4.52. The predicted octanol–water partition coefficient (Wildman–Crippen LogP) is 3.75. The first-order valence-corrected chi connectivity index (χ1v) is 6.19. The molecule has 20 heavy (non-hydrogen) atoms. The molecule has 0 aliphatic heterocycles. The molecule has 1 atom stereocenters. The molecule has 0 bridgehead atoms. The van der Waals surface area contributed by atoms with Crippen molar-refractivity contribution in [2.24, 2.45) is 0 Å². The summed E-state index contributed by atoms with van der Waals surface area (Å²) in [5.74, 6) is 1.07. The zero-order chi connectivity index (χ0) is 14.7. The van der Waals surface area contributed by atoms with Crippen LogP contribution in [0.15, 0.2) is 42.5 Å². The largest absolute Gasteiger partial charge is 0.457 e. The molecule has 0 heterocycles. The minimum atomic E-state index is -0.649. The predicted molar refractivity (Wildman–Crippen MR) is 75.0 cm³/mol. The first-order valence-electron chi connectivity index (χ1n) is 6.19. The number of nitro groups is 1. The Morgan fingerprint density at radius 2 is 1.90 bits per heavy atom. The molecule has 0 aliphatic carbocycles. The first-order chi connectivity index (χ1) is 9.49. The van der Waals surface area contributed by atoms with E-state index in [1.807, 2.05) is 12.1 Å². The average molecular weight is 273 g/mol. The van der Waals surface area contributed by atoms with Gasteiger partial charge in [0.25, 0.3) is 5.69 Å². The van der Waals surface area contributed by atoms with Gasteiger partial charge in [0.05, 0.1) is 11.0 Å². The lowest BCUT2D eigenvalue weighted by Gasteiger charge is -2.14. The summed E-state index contributed by atoms with van der Waals surface area (Å²) in [6.07, 6.45) is -0.649. The fourth-order valence-electron chi connectivity index (χ4n) is 1.90. The molecule has 0 radical (unpaired) electrons. The lowest BCUT2D eigenvalue weighted by molar-refractivity contribution is -0.384. The van der Waals surface area contributed by atoms with Crippen LogP contribution < -0.4 is 4.74 Å². The molecule has 0 amide bonds. The van der Waals surface area contributed by atoms with Gasteiger partial charge in [0.1, 0.15) is 11.5 Å². The number of aryl methyl sites for hydroxylation is 1. The summed E-state index contributed by atoms with van der Waals surface area (Å²) in [6, 6.07) is 11.6. The number of hydrogen-bond donors (Lipinski definition) is 1. The summed E-state index contributed by atoms with van der Waals surface area (Å²) in [6.45, 7) is 3.40. The third-order valence-corrected chi connectivity index (χ3v) is 2.96. The molecule has 0 fully saturated rings. The molecule has 104 valence electrons. The van der Waals surface area contributed by atoms with Crippen LogP contribution in [0, 0.1) is 17.0 Å². The van der Waals surface area contributed by atoms with Crippen molar-refractivity contribution >= 4 is 5.69 Å². The zero-order valence-electron chi connectivity index (χ0n) is 11.2. The van der Waals surface area contributed by atoms with E-state index in [9.17, 15) is 15.2 Å². The number of ether oxygens (including phenoxy) is 1. The molecule has 1 N–H and O–H groups in total. The molecule has 0 saturated heterocycles. The van der Waals surface area contributed by atoms with Gasteiger partial charge in [-0.15, -0.1) is 0 Å². The van der Waals surface area contributed by atoms with E-state index < -0.39 is 11.0 Å². The van der Waals surface area contributed by atoms with Crippen molar-refractivity contribution in [3.8, 4) is 11.5 Å². The van der Waals surface area contributed by atoms with E-state index in [1.54, 1.807) is 32.0 Å². The lowest BCUT2D eigenvalue weighted by atomic mass is 10.1. The maximum Gasteiger partial charge on any atom is 0.269 e. The van der Waals surface area contributed by atoms with Crippen LogP contribution in [0.25, 0.3) is 0 Å². The van der Waals surface area contributed by atoms with Crippen LogP contribution in [0.3, 0.4) is 0 Å². The van der Waals surface area contributed by atoms with Crippen molar-refractivity contribution in [3.63, 3.8) is 0 Å². The van der Waals surface area contributed by atoms with Gasteiger partial charge in [-0.25, -0.2) is 0 Å². The Labute approximate surface area is 116 Å². The van der Waals surface area contributed by atoms with Gasteiger partial charge >= 0.3 is 0 Å². The van der Waals surface area contributed by atoms with E-state index >= 15 is 0 Å². The first kappa shape index (κ1) is 14.0. The maximum atomic E-state index is 10.7. The van der Waals surface area contributed by atoms with Crippen molar-refractivity contribution in [2.45, 2.75) is 20.0 Å². The molecule has 0 saturated carbocycles. The maximum absolute atomic E-state index is 10.7. The molecule has 5 heteroatoms. The second kappa shape index (κ2) is 5.71. The number of rotatable bonds is 4. The Hall–Kier alpha value is -2.40. The molecular weight excluding hydrogens is 258 g/mol. The highest BCUT2D eigenvalue weighted by Gasteiger charge is 2.12. The van der Waals surface area contributed by atoms with E-state index in [2.05, 4.69) is 0 Å². The normalized spacial score (nSPS) is 11.9. The van der Waals surface area contributed by atoms with Gasteiger partial charge < -0.3 is 9.84 Å². The SMILES string of the molecule is Cc1cc([N+](=O)[O-])ccc1Oc1ccccc1[C@H](C)O. The number of aliphatic hydroxyl groups excluding tert-OH is 1. The Kier molecular flexibility index (Phi) is 4.00. The minimum Gasteiger partial charge on any atom is -0.457 e. The summed E-state index contributed by atoms with van der Waals surface area (Å²) in [5.41, 5.74) is 1.36. The van der Waals surface area contributed by atoms with Gasteiger partial charge in [-0.3, -0.25) is 10.1 Å². The average Bonchev–Trinajstić information content (AvgIpc) is 2.41. The highest BCUT2D eigenvalue weighted by molar-refractivity contribution is 5.46. The summed E-state index contributed by atoms with van der Waals surface area (Å²) < 4.78 is 5.75. The third kappa shape index (κ3) is 2.95. The summed E-state index contributed by atoms with van der Waals surface area (Å²) in [4.78, 5) is 10.3. The number of para-hydroxylation sites is 1. The molecule has 0 unspecified atom stereocenters. The zero-order valence-corrected chi connectivity index (χ0v) is 11.2. The molecule has 0 aliphatic rings. The Morgan fingerprint density at radius 1 is 1.20 bits per heavy atom. The van der Waals surface area contributed by atoms with Crippen LogP contribution in [0.1, 0.15) is 24.2 Å². The minimum absolute atomic E-state index is 0.0265. The molecule has 2 aromatic rings. The highest BCUT2D eigenvalue weighted by atomic mass is 16.6. The number of non-ortho nitro benzene ring substituents is 1. The Bertz CT molecular complexity index is 638. The second-order valence-electron chi connectivity index (χ2n) is 4.52. The summed E-state index contributed by atoms with van der Waals surface area (Å²) in [7, 11) is 0. The number of nitro benzene ring substituents is 1. The van der Waals surface area contributed by atoms with Crippen LogP contribution >= 0.6 is 0 Å². The molecule has 2 rings (SSSR count). The number of hydrogen-bond acceptors (Lipinski definition) is 4. The van der Waals surface area contributed by atoms with Gasteiger partial charge in [0, 0.05) is 17.7 Å². The van der Waals surface area contributed by atoms with Crippen molar-refractivity contribution in [1.29, 1.82) is 0 Å². The van der Waals surface area contributed by atoms with Crippen LogP contribution in [0.4, 0.5) is 5.69 Å². The van der Waals surface area contributed by atoms with Crippen LogP contribution in [-0.4, -0.2) is 10.0 Å². The molecule has 0 spiro atoms. The number of benzene rings is 2. The molecule has 2 aromatic carbocycles. The number of aliphatic hydroxyl groups is 1. The van der Waals surface area contributed by atoms with Crippen LogP contribution in [0.5, 0.6) is 11.5 Å². The molecular formula is C15H15NO4. The smallest absolute Gasteiger partial charge is 0.269 e. The van der Waals surface area contributed by atoms with Gasteiger partial charge in [0.15, 0.2) is 0 Å². The fraction of sp³-hybridized carbons (Fsp3) is 0.200. The molecule has 5 nitrogen and oxygen atoms in total. The van der Waals surface area contributed by atoms with E-state index in [-0.39, 0.29) is 5.69 Å². The quantitative estimate of drug-likeness (QED) is 0.680. The van der Waals surface area contributed by atoms with Crippen LogP contribution in [-0.2, 0) is 0 Å². The highest BCUT2D eigenvalue weighted by Crippen LogP contribution is 2.32. The summed E-state index contributed by atoms with van der Waals surface area (Å²) >= 11 is 0. The van der Waals surface area contributed by atoms with E-state index in [0.717, 1.165) is 0 Å². The fourth-order valence-corrected chi connectivity index (χ4v) is 1.90. The number of nitrogens with zero attached hydrogens (tertiary/aromatic N) is 1. The Morgan fingerprint density at radius 3 is 2.50 bits per heavy atom. The third-order valence-electron chi connectivity index (χ3n) is 2.96. The van der Waals surface area contributed by atoms with Crippen molar-refractivity contribution in [2.75, 3.05) is 0 Å². The van der Waals surface area contributed by atoms with E-state index in [4.69, 9.17) is 4.74 Å². The van der Waals surface area contributed by atoms with Gasteiger partial charge in [0.2, 0.25) is 0 Å². The van der Waals surface area contributed by atoms with E-state index in [0.29, 0.717) is 22.6 Å². The van der Waals surface area contributed by atoms with E-state index in [1.165, 1.54) is 12.1 Å². The summed E-state index contributed by atoms with van der Waals surface area (Å²) in [5, 5.41) is 20.4. The van der Waals surface area contributed by atoms with Gasteiger partial charge in [-0.05, 0) is 31.5 Å².